The van der Waals surface area contributed by atoms with Crippen LogP contribution in [-0.2, 0) is 6.42 Å². The lowest BCUT2D eigenvalue weighted by atomic mass is 10.1. The highest BCUT2D eigenvalue weighted by Crippen LogP contribution is 2.27. The summed E-state index contributed by atoms with van der Waals surface area (Å²) in [6.07, 6.45) is 0.548. The minimum absolute atomic E-state index is 0. The number of anilines is 2. The average molecular weight is 544 g/mol. The van der Waals surface area contributed by atoms with Crippen molar-refractivity contribution in [2.45, 2.75) is 31.5 Å². The van der Waals surface area contributed by atoms with Gasteiger partial charge in [-0.25, -0.2) is 9.97 Å². The molecule has 12 heteroatoms. The minimum atomic E-state index is 0. The number of nitrogens with two attached hydrogens (primary N) is 2. The number of nitrogen functional groups attached to an aromatic ring is 2. The molecule has 1 aliphatic heterocycles. The Labute approximate surface area is 219 Å². The van der Waals surface area contributed by atoms with Gasteiger partial charge in [-0.3, -0.25) is 9.80 Å². The first-order chi connectivity index (χ1) is 14.0. The summed E-state index contributed by atoms with van der Waals surface area (Å²) in [6.45, 7) is 10.0. The summed E-state index contributed by atoms with van der Waals surface area (Å²) in [4.78, 5) is 14.0. The van der Waals surface area contributed by atoms with Crippen molar-refractivity contribution >= 4 is 60.6 Å². The van der Waals surface area contributed by atoms with Crippen molar-refractivity contribution in [3.05, 3.63) is 35.4 Å². The molecular weight excluding hydrogens is 507 g/mol. The molecule has 33 heavy (non-hydrogen) atoms. The van der Waals surface area contributed by atoms with Gasteiger partial charge >= 0.3 is 0 Å². The van der Waals surface area contributed by atoms with Gasteiger partial charge in [-0.15, -0.1) is 37.2 Å². The summed E-state index contributed by atoms with van der Waals surface area (Å²) in [7, 11) is 1.66. The highest BCUT2D eigenvalue weighted by molar-refractivity contribution is 7.99. The number of thioether (sulfide) groups is 1. The van der Waals surface area contributed by atoms with Crippen LogP contribution in [0.25, 0.3) is 0 Å². The number of piperazine rings is 1. The number of para-hydroxylation sites is 1. The van der Waals surface area contributed by atoms with Crippen molar-refractivity contribution in [1.29, 1.82) is 0 Å². The van der Waals surface area contributed by atoms with Crippen LogP contribution in [0.4, 0.5) is 11.6 Å². The number of benzene rings is 1. The normalized spacial score (nSPS) is 13.8. The van der Waals surface area contributed by atoms with E-state index in [0.29, 0.717) is 29.3 Å². The zero-order valence-corrected chi connectivity index (χ0v) is 22.6. The number of methoxy groups -OCH3 is 1. The molecule has 3 rings (SSSR count). The quantitative estimate of drug-likeness (QED) is 0.385. The van der Waals surface area contributed by atoms with E-state index in [1.807, 2.05) is 24.3 Å². The van der Waals surface area contributed by atoms with Crippen molar-refractivity contribution < 1.29 is 10.2 Å². The van der Waals surface area contributed by atoms with Gasteiger partial charge < -0.3 is 21.7 Å². The Balaban J connectivity index is 0. The number of hydrogen-bond acceptors (Lipinski definition) is 8. The van der Waals surface area contributed by atoms with E-state index in [-0.39, 0.29) is 42.7 Å². The summed E-state index contributed by atoms with van der Waals surface area (Å²) in [6, 6.07) is 8.46. The number of halogens is 3. The smallest absolute Gasteiger partial charge is 0.191 e. The molecule has 2 aromatic rings. The monoisotopic (exact) mass is 542 g/mol. The third-order valence-electron chi connectivity index (χ3n) is 5.39. The lowest BCUT2D eigenvalue weighted by molar-refractivity contribution is 0.113. The minimum Gasteiger partial charge on any atom is -0.496 e. The first-order valence-corrected chi connectivity index (χ1v) is 11.1. The average Bonchev–Trinajstić information content (AvgIpc) is 2.71. The SMILES string of the molecule is COc1ccccc1Cc1c(N)nc(SCCN2CCN(C(C)C)CC2)nc1N.Cl.Cl.Cl.O. The van der Waals surface area contributed by atoms with Gasteiger partial charge in [0.2, 0.25) is 0 Å². The van der Waals surface area contributed by atoms with Gasteiger partial charge in [-0.2, -0.15) is 0 Å². The van der Waals surface area contributed by atoms with Crippen LogP contribution in [0.1, 0.15) is 25.0 Å². The second-order valence-electron chi connectivity index (χ2n) is 7.56. The van der Waals surface area contributed by atoms with Crippen molar-refractivity contribution in [2.75, 3.05) is 57.1 Å². The maximum atomic E-state index is 6.22. The molecule has 1 aliphatic rings. The molecule has 0 atom stereocenters. The van der Waals surface area contributed by atoms with E-state index in [4.69, 9.17) is 16.2 Å². The Morgan fingerprint density at radius 2 is 1.58 bits per heavy atom. The summed E-state index contributed by atoms with van der Waals surface area (Å²) in [5.41, 5.74) is 14.2. The van der Waals surface area contributed by atoms with Crippen molar-refractivity contribution in [1.82, 2.24) is 19.8 Å². The Morgan fingerprint density at radius 1 is 1.00 bits per heavy atom. The molecule has 1 aromatic heterocycles. The van der Waals surface area contributed by atoms with E-state index in [9.17, 15) is 0 Å². The molecule has 1 saturated heterocycles. The van der Waals surface area contributed by atoms with E-state index in [1.165, 1.54) is 0 Å². The van der Waals surface area contributed by atoms with Gasteiger partial charge in [-0.05, 0) is 25.5 Å². The lowest BCUT2D eigenvalue weighted by Crippen LogP contribution is -2.49. The maximum absolute atomic E-state index is 6.22. The molecule has 0 unspecified atom stereocenters. The van der Waals surface area contributed by atoms with Crippen LogP contribution in [-0.4, -0.2) is 76.9 Å². The van der Waals surface area contributed by atoms with Gasteiger partial charge in [0.1, 0.15) is 17.4 Å². The first-order valence-electron chi connectivity index (χ1n) is 10.1. The van der Waals surface area contributed by atoms with Crippen molar-refractivity contribution in [2.24, 2.45) is 0 Å². The van der Waals surface area contributed by atoms with Crippen LogP contribution < -0.4 is 16.2 Å². The zero-order chi connectivity index (χ0) is 20.8. The van der Waals surface area contributed by atoms with Crippen LogP contribution in [0.5, 0.6) is 5.75 Å². The summed E-state index contributed by atoms with van der Waals surface area (Å²) in [5.74, 6) is 2.61. The topological polar surface area (TPSA) is 125 Å². The molecule has 0 amide bonds. The molecule has 0 saturated carbocycles. The van der Waals surface area contributed by atoms with E-state index in [1.54, 1.807) is 18.9 Å². The fourth-order valence-electron chi connectivity index (χ4n) is 3.55. The summed E-state index contributed by atoms with van der Waals surface area (Å²) >= 11 is 1.61. The van der Waals surface area contributed by atoms with Crippen LogP contribution in [0, 0.1) is 0 Å². The highest BCUT2D eigenvalue weighted by Gasteiger charge is 2.19. The molecule has 0 spiro atoms. The molecule has 190 valence electrons. The second-order valence-corrected chi connectivity index (χ2v) is 8.63. The Kier molecular flexibility index (Phi) is 16.9. The van der Waals surface area contributed by atoms with E-state index in [2.05, 4.69) is 33.6 Å². The van der Waals surface area contributed by atoms with Crippen molar-refractivity contribution in [3.8, 4) is 5.75 Å². The van der Waals surface area contributed by atoms with Crippen LogP contribution in [0.3, 0.4) is 0 Å². The lowest BCUT2D eigenvalue weighted by Gasteiger charge is -2.36. The number of nitrogens with zero attached hydrogens (tertiary/aromatic N) is 4. The fraction of sp³-hybridized carbons (Fsp3) is 0.524. The third-order valence-corrected chi connectivity index (χ3v) is 6.21. The summed E-state index contributed by atoms with van der Waals surface area (Å²) in [5, 5.41) is 0.643. The molecule has 6 N–H and O–H groups in total. The predicted octanol–water partition coefficient (Wildman–Crippen LogP) is 2.80. The second kappa shape index (κ2) is 16.4. The first kappa shape index (κ1) is 34.0. The summed E-state index contributed by atoms with van der Waals surface area (Å²) < 4.78 is 5.42. The van der Waals surface area contributed by atoms with Gasteiger partial charge in [0.05, 0.1) is 7.11 Å². The van der Waals surface area contributed by atoms with E-state index >= 15 is 0 Å². The molecule has 0 bridgehead atoms. The van der Waals surface area contributed by atoms with Gasteiger partial charge in [0.25, 0.3) is 0 Å². The van der Waals surface area contributed by atoms with Crippen LogP contribution >= 0.6 is 49.0 Å². The molecule has 0 aliphatic carbocycles. The van der Waals surface area contributed by atoms with Crippen molar-refractivity contribution in [3.63, 3.8) is 0 Å². The van der Waals surface area contributed by atoms with Gasteiger partial charge in [0.15, 0.2) is 5.16 Å². The van der Waals surface area contributed by atoms with E-state index in [0.717, 1.165) is 55.4 Å². The number of ether oxygens (including phenoxy) is 1. The molecule has 0 radical (unpaired) electrons. The largest absolute Gasteiger partial charge is 0.496 e. The number of rotatable bonds is 8. The standard InChI is InChI=1S/C21H32N6OS.3ClH.H2O/c1-15(2)27-10-8-26(9-11-27)12-13-29-21-24-19(22)17(20(23)25-21)14-16-6-4-5-7-18(16)28-3;;;;/h4-7,15H,8-14H2,1-3H3,(H4,22,23,24,25);3*1H;1H2. The predicted molar refractivity (Wildman–Crippen MR) is 146 cm³/mol. The Hall–Kier alpha value is -1.20. The Bertz CT molecular complexity index is 803. The fourth-order valence-corrected chi connectivity index (χ4v) is 4.41. The Morgan fingerprint density at radius 3 is 2.12 bits per heavy atom. The van der Waals surface area contributed by atoms with Crippen LogP contribution in [0.15, 0.2) is 29.4 Å². The van der Waals surface area contributed by atoms with Gasteiger partial charge in [-0.1, -0.05) is 30.0 Å². The molecule has 1 fully saturated rings. The maximum Gasteiger partial charge on any atom is 0.191 e. The molecule has 8 nitrogen and oxygen atoms in total. The third kappa shape index (κ3) is 9.52. The molecular formula is C21H37Cl3N6O2S. The molecule has 2 heterocycles. The highest BCUT2D eigenvalue weighted by atomic mass is 35.5. The molecule has 1 aromatic carbocycles. The van der Waals surface area contributed by atoms with Gasteiger partial charge in [0, 0.05) is 56.5 Å². The zero-order valence-electron chi connectivity index (χ0n) is 19.3. The number of aromatic nitrogens is 2. The number of hydrogen-bond donors (Lipinski definition) is 2. The van der Waals surface area contributed by atoms with E-state index < -0.39 is 0 Å². The van der Waals surface area contributed by atoms with Crippen LogP contribution in [0.2, 0.25) is 0 Å².